The zero-order chi connectivity index (χ0) is 15.0. The number of aromatic nitrogens is 2. The lowest BCUT2D eigenvalue weighted by atomic mass is 9.94. The van der Waals surface area contributed by atoms with Gasteiger partial charge in [0.25, 0.3) is 5.56 Å². The SMILES string of the molecule is CCCCCc1nc2sc3c(c2c(=O)[nH]1)CC(C)(C)OC3. The maximum Gasteiger partial charge on any atom is 0.259 e. The van der Waals surface area contributed by atoms with Crippen molar-refractivity contribution in [3.63, 3.8) is 0 Å². The van der Waals surface area contributed by atoms with Gasteiger partial charge in [0.15, 0.2) is 0 Å². The number of nitrogens with zero attached hydrogens (tertiary/aromatic N) is 1. The number of aromatic amines is 1. The lowest BCUT2D eigenvalue weighted by Gasteiger charge is -2.29. The van der Waals surface area contributed by atoms with Crippen molar-refractivity contribution in [2.45, 2.75) is 65.1 Å². The van der Waals surface area contributed by atoms with Crippen LogP contribution >= 0.6 is 11.3 Å². The van der Waals surface area contributed by atoms with Crippen LogP contribution in [0.4, 0.5) is 0 Å². The van der Waals surface area contributed by atoms with Crippen LogP contribution in [-0.2, 0) is 24.2 Å². The van der Waals surface area contributed by atoms with Crippen molar-refractivity contribution in [3.8, 4) is 0 Å². The molecule has 0 aromatic carbocycles. The van der Waals surface area contributed by atoms with Gasteiger partial charge in [-0.3, -0.25) is 4.79 Å². The molecule has 1 aliphatic heterocycles. The standard InChI is InChI=1S/C16H22N2O2S/c1-4-5-6-7-12-17-14(19)13-10-8-16(2,3)20-9-11(10)21-15(13)18-12/h4-9H2,1-3H3,(H,17,18,19). The van der Waals surface area contributed by atoms with Crippen LogP contribution < -0.4 is 5.56 Å². The van der Waals surface area contributed by atoms with E-state index >= 15 is 0 Å². The average molecular weight is 306 g/mol. The molecule has 0 unspecified atom stereocenters. The summed E-state index contributed by atoms with van der Waals surface area (Å²) in [7, 11) is 0. The fraction of sp³-hybridized carbons (Fsp3) is 0.625. The van der Waals surface area contributed by atoms with Gasteiger partial charge in [-0.1, -0.05) is 19.8 Å². The third kappa shape index (κ3) is 2.90. The Hall–Kier alpha value is -1.20. The molecular weight excluding hydrogens is 284 g/mol. The highest BCUT2D eigenvalue weighted by atomic mass is 32.1. The van der Waals surface area contributed by atoms with Gasteiger partial charge in [-0.05, 0) is 25.8 Å². The van der Waals surface area contributed by atoms with E-state index in [2.05, 4.69) is 30.7 Å². The van der Waals surface area contributed by atoms with Gasteiger partial charge in [-0.15, -0.1) is 11.3 Å². The third-order valence-corrected chi connectivity index (χ3v) is 5.11. The van der Waals surface area contributed by atoms with E-state index in [9.17, 15) is 4.79 Å². The van der Waals surface area contributed by atoms with Crippen LogP contribution in [0, 0.1) is 0 Å². The summed E-state index contributed by atoms with van der Waals surface area (Å²) in [5.74, 6) is 0.819. The van der Waals surface area contributed by atoms with Crippen LogP contribution in [0.3, 0.4) is 0 Å². The first-order valence-electron chi connectivity index (χ1n) is 7.67. The molecule has 0 atom stereocenters. The van der Waals surface area contributed by atoms with E-state index in [0.717, 1.165) is 45.7 Å². The Bertz CT molecular complexity index is 715. The molecule has 0 fully saturated rings. The van der Waals surface area contributed by atoms with Crippen molar-refractivity contribution < 1.29 is 4.74 Å². The molecule has 0 radical (unpaired) electrons. The summed E-state index contributed by atoms with van der Waals surface area (Å²) < 4.78 is 5.84. The zero-order valence-electron chi connectivity index (χ0n) is 12.9. The topological polar surface area (TPSA) is 55.0 Å². The molecule has 1 aliphatic rings. The number of ether oxygens (including phenoxy) is 1. The number of hydrogen-bond donors (Lipinski definition) is 1. The molecule has 5 heteroatoms. The first kappa shape index (κ1) is 14.7. The highest BCUT2D eigenvalue weighted by molar-refractivity contribution is 7.18. The number of fused-ring (bicyclic) bond motifs is 3. The Labute approximate surface area is 128 Å². The maximum absolute atomic E-state index is 12.4. The third-order valence-electron chi connectivity index (χ3n) is 4.01. The quantitative estimate of drug-likeness (QED) is 0.879. The largest absolute Gasteiger partial charge is 0.370 e. The van der Waals surface area contributed by atoms with Gasteiger partial charge in [0.1, 0.15) is 10.7 Å². The molecule has 3 heterocycles. The van der Waals surface area contributed by atoms with Crippen LogP contribution in [0.15, 0.2) is 4.79 Å². The minimum absolute atomic E-state index is 0.0155. The Morgan fingerprint density at radius 3 is 2.95 bits per heavy atom. The predicted octanol–water partition coefficient (Wildman–Crippen LogP) is 3.57. The van der Waals surface area contributed by atoms with Crippen molar-refractivity contribution >= 4 is 21.6 Å². The van der Waals surface area contributed by atoms with E-state index in [1.165, 1.54) is 12.8 Å². The molecule has 0 saturated carbocycles. The summed E-state index contributed by atoms with van der Waals surface area (Å²) in [6.07, 6.45) is 5.05. The van der Waals surface area contributed by atoms with Gasteiger partial charge in [0, 0.05) is 17.7 Å². The summed E-state index contributed by atoms with van der Waals surface area (Å²) >= 11 is 1.61. The summed E-state index contributed by atoms with van der Waals surface area (Å²) in [4.78, 5) is 22.1. The number of aryl methyl sites for hydroxylation is 1. The molecule has 0 amide bonds. The number of nitrogens with one attached hydrogen (secondary N) is 1. The second kappa shape index (κ2) is 5.54. The van der Waals surface area contributed by atoms with Crippen molar-refractivity contribution in [2.75, 3.05) is 0 Å². The lowest BCUT2D eigenvalue weighted by Crippen LogP contribution is -2.31. The van der Waals surface area contributed by atoms with Crippen molar-refractivity contribution in [1.82, 2.24) is 9.97 Å². The lowest BCUT2D eigenvalue weighted by molar-refractivity contribution is -0.0379. The Kier molecular flexibility index (Phi) is 3.88. The smallest absolute Gasteiger partial charge is 0.259 e. The van der Waals surface area contributed by atoms with E-state index in [1.54, 1.807) is 11.3 Å². The molecule has 21 heavy (non-hydrogen) atoms. The minimum Gasteiger partial charge on any atom is -0.370 e. The van der Waals surface area contributed by atoms with Crippen molar-refractivity contribution in [1.29, 1.82) is 0 Å². The van der Waals surface area contributed by atoms with Crippen LogP contribution in [0.5, 0.6) is 0 Å². The molecule has 2 aromatic heterocycles. The summed E-state index contributed by atoms with van der Waals surface area (Å²) in [6.45, 7) is 6.91. The Balaban J connectivity index is 2.00. The summed E-state index contributed by atoms with van der Waals surface area (Å²) in [6, 6.07) is 0. The molecule has 1 N–H and O–H groups in total. The van der Waals surface area contributed by atoms with Crippen LogP contribution in [-0.4, -0.2) is 15.6 Å². The number of H-pyrrole nitrogens is 1. The molecular formula is C16H22N2O2S. The van der Waals surface area contributed by atoms with E-state index in [4.69, 9.17) is 4.74 Å². The molecule has 4 nitrogen and oxygen atoms in total. The zero-order valence-corrected chi connectivity index (χ0v) is 13.7. The minimum atomic E-state index is -0.201. The van der Waals surface area contributed by atoms with Gasteiger partial charge in [-0.2, -0.15) is 0 Å². The number of rotatable bonds is 4. The second-order valence-corrected chi connectivity index (χ2v) is 7.46. The molecule has 114 valence electrons. The first-order valence-corrected chi connectivity index (χ1v) is 8.49. The average Bonchev–Trinajstić information content (AvgIpc) is 2.75. The van der Waals surface area contributed by atoms with E-state index in [0.29, 0.717) is 6.61 Å². The normalized spacial score (nSPS) is 17.1. The van der Waals surface area contributed by atoms with Gasteiger partial charge in [0.2, 0.25) is 0 Å². The molecule has 0 bridgehead atoms. The van der Waals surface area contributed by atoms with Crippen LogP contribution in [0.1, 0.15) is 56.3 Å². The molecule has 2 aromatic rings. The van der Waals surface area contributed by atoms with E-state index < -0.39 is 0 Å². The predicted molar refractivity (Wildman–Crippen MR) is 86.0 cm³/mol. The number of thiophene rings is 1. The maximum atomic E-state index is 12.4. The van der Waals surface area contributed by atoms with E-state index in [1.807, 2.05) is 0 Å². The molecule has 0 spiro atoms. The van der Waals surface area contributed by atoms with E-state index in [-0.39, 0.29) is 11.2 Å². The van der Waals surface area contributed by atoms with Gasteiger partial charge in [-0.25, -0.2) is 4.98 Å². The number of unbranched alkanes of at least 4 members (excludes halogenated alkanes) is 2. The fourth-order valence-corrected chi connectivity index (χ4v) is 3.98. The molecule has 0 saturated heterocycles. The summed E-state index contributed by atoms with van der Waals surface area (Å²) in [5.41, 5.74) is 0.953. The van der Waals surface area contributed by atoms with Crippen molar-refractivity contribution in [2.24, 2.45) is 0 Å². The summed E-state index contributed by atoms with van der Waals surface area (Å²) in [5, 5.41) is 0.783. The first-order chi connectivity index (χ1) is 10.00. The Morgan fingerprint density at radius 2 is 2.19 bits per heavy atom. The van der Waals surface area contributed by atoms with Gasteiger partial charge >= 0.3 is 0 Å². The highest BCUT2D eigenvalue weighted by Gasteiger charge is 2.30. The Morgan fingerprint density at radius 1 is 1.38 bits per heavy atom. The van der Waals surface area contributed by atoms with Crippen molar-refractivity contribution in [3.05, 3.63) is 26.6 Å². The molecule has 3 rings (SSSR count). The van der Waals surface area contributed by atoms with Gasteiger partial charge < -0.3 is 9.72 Å². The molecule has 0 aliphatic carbocycles. The van der Waals surface area contributed by atoms with Crippen LogP contribution in [0.25, 0.3) is 10.2 Å². The second-order valence-electron chi connectivity index (χ2n) is 6.38. The monoisotopic (exact) mass is 306 g/mol. The fourth-order valence-electron chi connectivity index (χ4n) is 2.86. The highest BCUT2D eigenvalue weighted by Crippen LogP contribution is 2.36. The van der Waals surface area contributed by atoms with Crippen LogP contribution in [0.2, 0.25) is 0 Å². The van der Waals surface area contributed by atoms with Gasteiger partial charge in [0.05, 0.1) is 17.6 Å². The number of hydrogen-bond acceptors (Lipinski definition) is 4.